The van der Waals surface area contributed by atoms with Crippen molar-refractivity contribution in [1.82, 2.24) is 14.9 Å². The molecule has 2 aromatic carbocycles. The average Bonchev–Trinajstić information content (AvgIpc) is 3.48. The van der Waals surface area contributed by atoms with Gasteiger partial charge in [-0.05, 0) is 50.2 Å². The molecule has 3 aromatic rings. The number of nitrogens with zero attached hydrogens (tertiary/aromatic N) is 5. The maximum Gasteiger partial charge on any atom is 0.255 e. The summed E-state index contributed by atoms with van der Waals surface area (Å²) in [6.45, 7) is 5.65. The summed E-state index contributed by atoms with van der Waals surface area (Å²) in [5.41, 5.74) is 2.19. The fourth-order valence-electron chi connectivity index (χ4n) is 5.37. The Morgan fingerprint density at radius 2 is 1.81 bits per heavy atom. The maximum atomic E-state index is 15.8. The molecule has 9 nitrogen and oxygen atoms in total. The molecule has 12 heteroatoms. The predicted octanol–water partition coefficient (Wildman–Crippen LogP) is 5.23. The topological polar surface area (TPSA) is 83.1 Å². The number of benzene rings is 2. The van der Waals surface area contributed by atoms with E-state index in [1.54, 1.807) is 43.8 Å². The summed E-state index contributed by atoms with van der Waals surface area (Å²) in [4.78, 5) is 28.8. The van der Waals surface area contributed by atoms with Crippen LogP contribution in [0.25, 0.3) is 11.1 Å². The highest BCUT2D eigenvalue weighted by molar-refractivity contribution is 6.35. The van der Waals surface area contributed by atoms with Crippen molar-refractivity contribution in [3.8, 4) is 11.1 Å². The van der Waals surface area contributed by atoms with Crippen LogP contribution in [-0.2, 0) is 9.47 Å². The van der Waals surface area contributed by atoms with E-state index >= 15 is 4.39 Å². The van der Waals surface area contributed by atoms with Crippen LogP contribution in [0.2, 0.25) is 10.0 Å². The summed E-state index contributed by atoms with van der Waals surface area (Å²) in [5.74, 6) is -0.249. The highest BCUT2D eigenvalue weighted by Crippen LogP contribution is 2.37. The predicted molar refractivity (Wildman–Crippen MR) is 165 cm³/mol. The fourth-order valence-corrected chi connectivity index (χ4v) is 5.90. The van der Waals surface area contributed by atoms with E-state index < -0.39 is 11.7 Å². The second kappa shape index (κ2) is 14.0. The van der Waals surface area contributed by atoms with Gasteiger partial charge >= 0.3 is 0 Å². The standard InChI is InChI=1S/C30H35Cl2FN6O3/c1-37(5-3-9-41-2)24-4-6-39(19-24)28-16-26(33)25(21-17-34-30(35-18-21)38-7-10-42-11-8-38)15-27(28)36-29(40)20-12-22(31)14-23(32)13-20/h12-18,24H,3-11,19H2,1-2H3,(H,36,40). The Balaban J connectivity index is 1.44. The number of anilines is 3. The lowest BCUT2D eigenvalue weighted by Crippen LogP contribution is -2.37. The monoisotopic (exact) mass is 616 g/mol. The Bertz CT molecular complexity index is 1370. The van der Waals surface area contributed by atoms with E-state index in [0.717, 1.165) is 25.9 Å². The van der Waals surface area contributed by atoms with Crippen LogP contribution in [0.15, 0.2) is 42.7 Å². The molecule has 1 aromatic heterocycles. The molecular formula is C30H35Cl2FN6O3. The van der Waals surface area contributed by atoms with Gasteiger partial charge < -0.3 is 29.5 Å². The first-order chi connectivity index (χ1) is 20.3. The second-order valence-corrected chi connectivity index (χ2v) is 11.4. The minimum Gasteiger partial charge on any atom is -0.385 e. The number of hydrogen-bond donors (Lipinski definition) is 1. The van der Waals surface area contributed by atoms with Crippen LogP contribution in [0.1, 0.15) is 23.2 Å². The van der Waals surface area contributed by atoms with Gasteiger partial charge in [0, 0.05) is 91.6 Å². The average molecular weight is 618 g/mol. The van der Waals surface area contributed by atoms with E-state index in [-0.39, 0.29) is 0 Å². The molecule has 1 unspecified atom stereocenters. The van der Waals surface area contributed by atoms with E-state index in [1.807, 2.05) is 4.90 Å². The molecule has 0 saturated carbocycles. The van der Waals surface area contributed by atoms with Crippen molar-refractivity contribution >= 4 is 46.4 Å². The van der Waals surface area contributed by atoms with Crippen LogP contribution in [0.3, 0.4) is 0 Å². The minimum absolute atomic E-state index is 0.291. The number of halogens is 3. The largest absolute Gasteiger partial charge is 0.385 e. The lowest BCUT2D eigenvalue weighted by Gasteiger charge is -2.27. The third-order valence-corrected chi connectivity index (χ3v) is 8.12. The third kappa shape index (κ3) is 7.30. The first kappa shape index (κ1) is 30.4. The first-order valence-corrected chi connectivity index (χ1v) is 14.8. The number of nitrogens with one attached hydrogen (secondary N) is 1. The Labute approximate surface area is 255 Å². The van der Waals surface area contributed by atoms with E-state index in [4.69, 9.17) is 32.7 Å². The Morgan fingerprint density at radius 3 is 2.50 bits per heavy atom. The van der Waals surface area contributed by atoms with Crippen molar-refractivity contribution in [1.29, 1.82) is 0 Å². The van der Waals surface area contributed by atoms with Crippen LogP contribution >= 0.6 is 23.2 Å². The quantitative estimate of drug-likeness (QED) is 0.310. The first-order valence-electron chi connectivity index (χ1n) is 14.0. The molecule has 2 fully saturated rings. The zero-order valence-corrected chi connectivity index (χ0v) is 25.3. The summed E-state index contributed by atoms with van der Waals surface area (Å²) in [6, 6.07) is 8.09. The zero-order chi connectivity index (χ0) is 29.6. The van der Waals surface area contributed by atoms with Crippen molar-refractivity contribution in [2.75, 3.05) is 81.8 Å². The molecule has 224 valence electrons. The highest BCUT2D eigenvalue weighted by atomic mass is 35.5. The summed E-state index contributed by atoms with van der Waals surface area (Å²) < 4.78 is 26.4. The van der Waals surface area contributed by atoms with Crippen LogP contribution in [-0.4, -0.2) is 93.5 Å². The highest BCUT2D eigenvalue weighted by Gasteiger charge is 2.29. The van der Waals surface area contributed by atoms with Crippen LogP contribution < -0.4 is 15.1 Å². The van der Waals surface area contributed by atoms with Crippen molar-refractivity contribution in [3.63, 3.8) is 0 Å². The molecule has 0 spiro atoms. The van der Waals surface area contributed by atoms with Crippen LogP contribution in [0, 0.1) is 5.82 Å². The van der Waals surface area contributed by atoms with Gasteiger partial charge in [0.1, 0.15) is 5.82 Å². The number of hydrogen-bond acceptors (Lipinski definition) is 8. The van der Waals surface area contributed by atoms with E-state index in [2.05, 4.69) is 32.1 Å². The summed E-state index contributed by atoms with van der Waals surface area (Å²) >= 11 is 12.3. The molecule has 2 saturated heterocycles. The van der Waals surface area contributed by atoms with Crippen molar-refractivity contribution in [2.45, 2.75) is 18.9 Å². The molecule has 2 aliphatic heterocycles. The smallest absolute Gasteiger partial charge is 0.255 e. The number of methoxy groups -OCH3 is 1. The number of aromatic nitrogens is 2. The van der Waals surface area contributed by atoms with Gasteiger partial charge in [-0.3, -0.25) is 4.79 Å². The van der Waals surface area contributed by atoms with Gasteiger partial charge in [-0.25, -0.2) is 14.4 Å². The number of amides is 1. The Hall–Kier alpha value is -3.02. The number of morpholine rings is 1. The molecule has 0 aliphatic carbocycles. The van der Waals surface area contributed by atoms with Gasteiger partial charge in [0.05, 0.1) is 24.6 Å². The molecule has 5 rings (SSSR count). The number of ether oxygens (including phenoxy) is 2. The summed E-state index contributed by atoms with van der Waals surface area (Å²) in [5, 5.41) is 3.69. The van der Waals surface area contributed by atoms with E-state index in [9.17, 15) is 4.79 Å². The Kier molecular flexibility index (Phi) is 10.1. The summed E-state index contributed by atoms with van der Waals surface area (Å²) in [7, 11) is 3.80. The van der Waals surface area contributed by atoms with Crippen molar-refractivity contribution in [2.24, 2.45) is 0 Å². The molecule has 2 aliphatic rings. The lowest BCUT2D eigenvalue weighted by atomic mass is 10.1. The SMILES string of the molecule is COCCCN(C)C1CCN(c2cc(F)c(-c3cnc(N4CCOCC4)nc3)cc2NC(=O)c2cc(Cl)cc(Cl)c2)C1. The normalized spacial score (nSPS) is 17.2. The number of carbonyl (C=O) groups is 1. The van der Waals surface area contributed by atoms with Gasteiger partial charge in [-0.1, -0.05) is 23.2 Å². The van der Waals surface area contributed by atoms with Crippen molar-refractivity contribution < 1.29 is 18.7 Å². The maximum absolute atomic E-state index is 15.8. The zero-order valence-electron chi connectivity index (χ0n) is 23.8. The lowest BCUT2D eigenvalue weighted by molar-refractivity contribution is 0.102. The van der Waals surface area contributed by atoms with E-state index in [1.165, 1.54) is 6.07 Å². The molecule has 1 amide bonds. The van der Waals surface area contributed by atoms with Gasteiger partial charge in [-0.15, -0.1) is 0 Å². The van der Waals surface area contributed by atoms with Gasteiger partial charge in [0.15, 0.2) is 0 Å². The number of likely N-dealkylation sites (N-methyl/N-ethyl adjacent to an activating group) is 1. The molecule has 42 heavy (non-hydrogen) atoms. The minimum atomic E-state index is -0.423. The molecule has 0 bridgehead atoms. The molecule has 0 radical (unpaired) electrons. The number of rotatable bonds is 10. The van der Waals surface area contributed by atoms with Gasteiger partial charge in [0.25, 0.3) is 5.91 Å². The Morgan fingerprint density at radius 1 is 1.10 bits per heavy atom. The van der Waals surface area contributed by atoms with E-state index in [0.29, 0.717) is 89.6 Å². The number of carbonyl (C=O) groups excluding carboxylic acids is 1. The molecular weight excluding hydrogens is 582 g/mol. The van der Waals surface area contributed by atoms with Crippen LogP contribution in [0.5, 0.6) is 0 Å². The van der Waals surface area contributed by atoms with Gasteiger partial charge in [-0.2, -0.15) is 0 Å². The molecule has 1 N–H and O–H groups in total. The summed E-state index contributed by atoms with van der Waals surface area (Å²) in [6.07, 6.45) is 5.07. The fraction of sp³-hybridized carbons (Fsp3) is 0.433. The van der Waals surface area contributed by atoms with Gasteiger partial charge in [0.2, 0.25) is 5.95 Å². The second-order valence-electron chi connectivity index (χ2n) is 10.5. The third-order valence-electron chi connectivity index (χ3n) is 7.69. The molecule has 1 atom stereocenters. The van der Waals surface area contributed by atoms with Crippen molar-refractivity contribution in [3.05, 3.63) is 64.2 Å². The molecule has 3 heterocycles. The van der Waals surface area contributed by atoms with Crippen LogP contribution in [0.4, 0.5) is 21.7 Å².